The van der Waals surface area contributed by atoms with Gasteiger partial charge in [0.15, 0.2) is 0 Å². The van der Waals surface area contributed by atoms with Crippen molar-refractivity contribution >= 4 is 10.8 Å². The van der Waals surface area contributed by atoms with Gasteiger partial charge in [-0.3, -0.25) is 0 Å². The van der Waals surface area contributed by atoms with Crippen LogP contribution in [0, 0.1) is 0 Å². The zero-order chi connectivity index (χ0) is 14.7. The first-order valence-electron chi connectivity index (χ1n) is 8.01. The third-order valence-corrected chi connectivity index (χ3v) is 4.86. The Morgan fingerprint density at radius 2 is 1.71 bits per heavy atom. The summed E-state index contributed by atoms with van der Waals surface area (Å²) >= 11 is 0. The second-order valence-electron chi connectivity index (χ2n) is 6.45. The summed E-state index contributed by atoms with van der Waals surface area (Å²) in [7, 11) is 1.74. The van der Waals surface area contributed by atoms with Crippen LogP contribution >= 0.6 is 0 Å². The van der Waals surface area contributed by atoms with E-state index in [-0.39, 0.29) is 0 Å². The molecule has 0 radical (unpaired) electrons. The molecule has 1 aliphatic carbocycles. The Morgan fingerprint density at radius 3 is 2.43 bits per heavy atom. The van der Waals surface area contributed by atoms with Gasteiger partial charge in [-0.1, -0.05) is 49.6 Å². The number of hydrogen-bond acceptors (Lipinski definition) is 2. The van der Waals surface area contributed by atoms with Gasteiger partial charge in [0, 0.05) is 17.5 Å². The Balaban J connectivity index is 1.84. The summed E-state index contributed by atoms with van der Waals surface area (Å²) in [6.45, 7) is 3.30. The molecule has 2 aromatic carbocycles. The smallest absolute Gasteiger partial charge is 0.126 e. The minimum absolute atomic E-state index is 0.305. The highest BCUT2D eigenvalue weighted by atomic mass is 16.5. The van der Waals surface area contributed by atoms with Crippen molar-refractivity contribution in [3.05, 3.63) is 42.0 Å². The number of fused-ring (bicyclic) bond motifs is 1. The van der Waals surface area contributed by atoms with Gasteiger partial charge in [0.25, 0.3) is 0 Å². The van der Waals surface area contributed by atoms with E-state index in [0.29, 0.717) is 5.54 Å². The van der Waals surface area contributed by atoms with Crippen LogP contribution in [0.25, 0.3) is 10.8 Å². The summed E-state index contributed by atoms with van der Waals surface area (Å²) < 4.78 is 5.48. The van der Waals surface area contributed by atoms with E-state index in [1.54, 1.807) is 7.11 Å². The van der Waals surface area contributed by atoms with Gasteiger partial charge in [0.2, 0.25) is 0 Å². The molecule has 0 saturated heterocycles. The fourth-order valence-electron chi connectivity index (χ4n) is 3.48. The Kier molecular flexibility index (Phi) is 4.16. The summed E-state index contributed by atoms with van der Waals surface area (Å²) in [6, 6.07) is 12.8. The number of ether oxygens (including phenoxy) is 1. The maximum atomic E-state index is 5.48. The van der Waals surface area contributed by atoms with Crippen molar-refractivity contribution in [2.24, 2.45) is 0 Å². The molecule has 0 spiro atoms. The Hall–Kier alpha value is -1.54. The zero-order valence-corrected chi connectivity index (χ0v) is 13.1. The molecule has 2 heteroatoms. The van der Waals surface area contributed by atoms with E-state index >= 15 is 0 Å². The largest absolute Gasteiger partial charge is 0.496 e. The molecule has 1 aliphatic rings. The van der Waals surface area contributed by atoms with Gasteiger partial charge in [0.05, 0.1) is 7.11 Å². The highest BCUT2D eigenvalue weighted by Crippen LogP contribution is 2.31. The fourth-order valence-corrected chi connectivity index (χ4v) is 3.48. The predicted octanol–water partition coefficient (Wildman–Crippen LogP) is 4.66. The molecule has 1 N–H and O–H groups in total. The molecule has 0 aliphatic heterocycles. The first kappa shape index (κ1) is 14.4. The molecular weight excluding hydrogens is 258 g/mol. The van der Waals surface area contributed by atoms with Gasteiger partial charge in [0.1, 0.15) is 5.75 Å². The Labute approximate surface area is 127 Å². The normalized spacial score (nSPS) is 17.8. The van der Waals surface area contributed by atoms with Gasteiger partial charge in [-0.25, -0.2) is 0 Å². The van der Waals surface area contributed by atoms with Gasteiger partial charge in [-0.2, -0.15) is 0 Å². The lowest BCUT2D eigenvalue weighted by Crippen LogP contribution is -2.43. The molecule has 3 rings (SSSR count). The topological polar surface area (TPSA) is 21.3 Å². The van der Waals surface area contributed by atoms with Crippen LogP contribution in [0.3, 0.4) is 0 Å². The second-order valence-corrected chi connectivity index (χ2v) is 6.45. The van der Waals surface area contributed by atoms with E-state index in [0.717, 1.165) is 12.3 Å². The van der Waals surface area contributed by atoms with Crippen LogP contribution in [0.4, 0.5) is 0 Å². The average molecular weight is 283 g/mol. The average Bonchev–Trinajstić information content (AvgIpc) is 2.53. The van der Waals surface area contributed by atoms with Gasteiger partial charge >= 0.3 is 0 Å². The fraction of sp³-hybridized carbons (Fsp3) is 0.474. The van der Waals surface area contributed by atoms with Crippen LogP contribution in [0.2, 0.25) is 0 Å². The third-order valence-electron chi connectivity index (χ3n) is 4.86. The molecular formula is C19H25NO. The molecule has 0 bridgehead atoms. The molecule has 0 amide bonds. The number of rotatable bonds is 4. The van der Waals surface area contributed by atoms with Crippen LogP contribution in [0.5, 0.6) is 5.75 Å². The van der Waals surface area contributed by atoms with E-state index in [1.807, 2.05) is 0 Å². The zero-order valence-electron chi connectivity index (χ0n) is 13.1. The van der Waals surface area contributed by atoms with Crippen LogP contribution in [-0.4, -0.2) is 12.6 Å². The minimum atomic E-state index is 0.305. The van der Waals surface area contributed by atoms with Crippen molar-refractivity contribution in [1.29, 1.82) is 0 Å². The summed E-state index contributed by atoms with van der Waals surface area (Å²) in [5.41, 5.74) is 1.66. The number of hydrogen-bond donors (Lipinski definition) is 1. The predicted molar refractivity (Wildman–Crippen MR) is 88.8 cm³/mol. The molecule has 1 saturated carbocycles. The molecule has 0 heterocycles. The second kappa shape index (κ2) is 6.07. The summed E-state index contributed by atoms with van der Waals surface area (Å²) in [4.78, 5) is 0. The quantitative estimate of drug-likeness (QED) is 0.881. The van der Waals surface area contributed by atoms with E-state index in [2.05, 4.69) is 48.6 Å². The van der Waals surface area contributed by atoms with Crippen molar-refractivity contribution in [3.8, 4) is 5.75 Å². The van der Waals surface area contributed by atoms with Crippen molar-refractivity contribution in [1.82, 2.24) is 5.32 Å². The molecule has 112 valence electrons. The minimum Gasteiger partial charge on any atom is -0.496 e. The lowest BCUT2D eigenvalue weighted by molar-refractivity contribution is 0.253. The van der Waals surface area contributed by atoms with Crippen molar-refractivity contribution < 1.29 is 4.74 Å². The monoisotopic (exact) mass is 283 g/mol. The SMILES string of the molecule is COc1ccc(CNC2(C)CCCCC2)c2ccccc12. The first-order valence-corrected chi connectivity index (χ1v) is 8.01. The number of methoxy groups -OCH3 is 1. The first-order chi connectivity index (χ1) is 10.2. The van der Waals surface area contributed by atoms with E-state index in [9.17, 15) is 0 Å². The van der Waals surface area contributed by atoms with Gasteiger partial charge in [-0.05, 0) is 36.8 Å². The van der Waals surface area contributed by atoms with Crippen LogP contribution in [0.1, 0.15) is 44.6 Å². The van der Waals surface area contributed by atoms with Crippen LogP contribution in [0.15, 0.2) is 36.4 Å². The summed E-state index contributed by atoms with van der Waals surface area (Å²) in [6.07, 6.45) is 6.69. The molecule has 21 heavy (non-hydrogen) atoms. The lowest BCUT2D eigenvalue weighted by atomic mass is 9.83. The van der Waals surface area contributed by atoms with Crippen molar-refractivity contribution in [2.45, 2.75) is 51.1 Å². The molecule has 0 atom stereocenters. The molecule has 1 fully saturated rings. The standard InChI is InChI=1S/C19H25NO/c1-19(12-6-3-7-13-19)20-14-15-10-11-18(21-2)17-9-5-4-8-16(15)17/h4-5,8-11,20H,3,6-7,12-14H2,1-2H3. The van der Waals surface area contributed by atoms with E-state index in [1.165, 1.54) is 48.4 Å². The third kappa shape index (κ3) is 3.06. The highest BCUT2D eigenvalue weighted by molar-refractivity contribution is 5.91. The van der Waals surface area contributed by atoms with Gasteiger partial charge < -0.3 is 10.1 Å². The maximum absolute atomic E-state index is 5.48. The summed E-state index contributed by atoms with van der Waals surface area (Å²) in [5.74, 6) is 0.957. The van der Waals surface area contributed by atoms with E-state index in [4.69, 9.17) is 4.74 Å². The summed E-state index contributed by atoms with van der Waals surface area (Å²) in [5, 5.41) is 6.30. The number of nitrogens with one attached hydrogen (secondary N) is 1. The number of benzene rings is 2. The highest BCUT2D eigenvalue weighted by Gasteiger charge is 2.25. The van der Waals surface area contributed by atoms with Crippen molar-refractivity contribution in [2.75, 3.05) is 7.11 Å². The molecule has 0 unspecified atom stereocenters. The van der Waals surface area contributed by atoms with E-state index < -0.39 is 0 Å². The molecule has 2 aromatic rings. The van der Waals surface area contributed by atoms with Crippen molar-refractivity contribution in [3.63, 3.8) is 0 Å². The van der Waals surface area contributed by atoms with Gasteiger partial charge in [-0.15, -0.1) is 0 Å². The lowest BCUT2D eigenvalue weighted by Gasteiger charge is -2.35. The maximum Gasteiger partial charge on any atom is 0.126 e. The van der Waals surface area contributed by atoms with Crippen LogP contribution in [-0.2, 0) is 6.54 Å². The Bertz CT molecular complexity index is 614. The van der Waals surface area contributed by atoms with Crippen LogP contribution < -0.4 is 10.1 Å². The Morgan fingerprint density at radius 1 is 1.00 bits per heavy atom. The molecule has 2 nitrogen and oxygen atoms in total. The molecule has 0 aromatic heterocycles.